The summed E-state index contributed by atoms with van der Waals surface area (Å²) in [5.41, 5.74) is -1.73. The molecule has 0 spiro atoms. The number of nitrogens with zero attached hydrogens (tertiary/aromatic N) is 5. The van der Waals surface area contributed by atoms with Crippen molar-refractivity contribution in [1.29, 1.82) is 0 Å². The first-order valence-electron chi connectivity index (χ1n) is 11.1. The van der Waals surface area contributed by atoms with Gasteiger partial charge in [0.05, 0.1) is 24.1 Å². The molecule has 200 valence electrons. The Kier molecular flexibility index (Phi) is 6.54. The van der Waals surface area contributed by atoms with Crippen LogP contribution in [0, 0.1) is 5.82 Å². The molecule has 0 radical (unpaired) electrons. The summed E-state index contributed by atoms with van der Waals surface area (Å²) in [6.45, 7) is 0.288. The van der Waals surface area contributed by atoms with Gasteiger partial charge in [0.1, 0.15) is 11.5 Å². The lowest BCUT2D eigenvalue weighted by Crippen LogP contribution is -2.36. The van der Waals surface area contributed by atoms with E-state index in [9.17, 15) is 31.1 Å². The Labute approximate surface area is 220 Å². The molecule has 14 heteroatoms. The van der Waals surface area contributed by atoms with Gasteiger partial charge in [-0.15, -0.1) is 0 Å². The quantitative estimate of drug-likeness (QED) is 0.244. The smallest absolute Gasteiger partial charge is 0.318 e. The molecule has 0 aliphatic rings. The van der Waals surface area contributed by atoms with Gasteiger partial charge < -0.3 is 5.32 Å². The highest BCUT2D eigenvalue weighted by molar-refractivity contribution is 6.31. The van der Waals surface area contributed by atoms with Crippen molar-refractivity contribution in [3.63, 3.8) is 0 Å². The number of carbonyl (C=O) groups is 1. The minimum Gasteiger partial charge on any atom is -0.318 e. The van der Waals surface area contributed by atoms with Crippen LogP contribution in [0.1, 0.15) is 21.7 Å². The Hall–Kier alpha value is -4.39. The topological polar surface area (TPSA) is 77.1 Å². The predicted octanol–water partition coefficient (Wildman–Crippen LogP) is 6.34. The van der Waals surface area contributed by atoms with Crippen LogP contribution in [0.25, 0.3) is 16.9 Å². The number of aromatic nitrogens is 5. The summed E-state index contributed by atoms with van der Waals surface area (Å²) in [7, 11) is 0. The fraction of sp³-hybridized carbons (Fsp3) is 0.120. The summed E-state index contributed by atoms with van der Waals surface area (Å²) in [6, 6.07) is 12.9. The number of rotatable bonds is 6. The van der Waals surface area contributed by atoms with E-state index in [-0.39, 0.29) is 28.0 Å². The van der Waals surface area contributed by atoms with Crippen LogP contribution in [-0.2, 0) is 12.5 Å². The molecule has 3 heterocycles. The van der Waals surface area contributed by atoms with Crippen LogP contribution in [-0.4, -0.2) is 36.5 Å². The van der Waals surface area contributed by atoms with Gasteiger partial charge in [0, 0.05) is 22.8 Å². The third-order valence-corrected chi connectivity index (χ3v) is 6.03. The Morgan fingerprint density at radius 2 is 1.72 bits per heavy atom. The molecule has 0 bridgehead atoms. The Balaban J connectivity index is 1.48. The van der Waals surface area contributed by atoms with E-state index in [4.69, 9.17) is 11.6 Å². The fourth-order valence-electron chi connectivity index (χ4n) is 3.73. The molecule has 0 fully saturated rings. The second-order valence-corrected chi connectivity index (χ2v) is 8.78. The molecule has 1 N–H and O–H groups in total. The molecular weight excluding hydrogens is 550 g/mol. The second kappa shape index (κ2) is 9.73. The molecule has 5 aromatic rings. The lowest BCUT2D eigenvalue weighted by atomic mass is 10.1. The number of halogens is 7. The van der Waals surface area contributed by atoms with E-state index in [1.807, 2.05) is 0 Å². The van der Waals surface area contributed by atoms with Crippen molar-refractivity contribution in [2.45, 2.75) is 18.6 Å². The number of carbonyl (C=O) groups excluding carboxylic acids is 1. The summed E-state index contributed by atoms with van der Waals surface area (Å²) in [4.78, 5) is 16.9. The highest BCUT2D eigenvalue weighted by atomic mass is 35.5. The highest BCUT2D eigenvalue weighted by Crippen LogP contribution is 2.44. The molecule has 0 unspecified atom stereocenters. The number of nitrogens with one attached hydrogen (secondary N) is 1. The van der Waals surface area contributed by atoms with E-state index in [0.717, 1.165) is 23.8 Å². The molecule has 0 saturated heterocycles. The Morgan fingerprint density at radius 3 is 2.41 bits per heavy atom. The van der Waals surface area contributed by atoms with Gasteiger partial charge in [-0.3, -0.25) is 9.48 Å². The van der Waals surface area contributed by atoms with Crippen molar-refractivity contribution in [1.82, 2.24) is 24.4 Å². The van der Waals surface area contributed by atoms with Crippen LogP contribution in [0.4, 0.5) is 32.0 Å². The number of anilines is 1. The van der Waals surface area contributed by atoms with Crippen molar-refractivity contribution in [3.8, 4) is 11.3 Å². The van der Waals surface area contributed by atoms with Gasteiger partial charge in [-0.2, -0.15) is 32.1 Å². The van der Waals surface area contributed by atoms with Gasteiger partial charge in [-0.1, -0.05) is 29.8 Å². The maximum atomic E-state index is 14.5. The zero-order valence-corrected chi connectivity index (χ0v) is 20.2. The second-order valence-electron chi connectivity index (χ2n) is 8.38. The first-order valence-corrected chi connectivity index (χ1v) is 11.5. The van der Waals surface area contributed by atoms with E-state index in [1.54, 1.807) is 24.3 Å². The normalized spacial score (nSPS) is 12.2. The first-order chi connectivity index (χ1) is 18.4. The number of hydrogen-bond acceptors (Lipinski definition) is 4. The standard InChI is InChI=1S/C25H15ClF6N6O/c26-18-4-2-1-3-15(18)12-37-13-17(11-33-37)34-23(39)20-10-22-35-19(14-5-7-16(27)8-6-14)9-21(38(22)36-20)24(28,29)25(30,31)32/h1-11,13H,12H2,(H,34,39). The molecule has 0 aliphatic heterocycles. The van der Waals surface area contributed by atoms with Crippen LogP contribution in [0.2, 0.25) is 5.02 Å². The van der Waals surface area contributed by atoms with Gasteiger partial charge >= 0.3 is 12.1 Å². The molecule has 0 saturated carbocycles. The number of hydrogen-bond donors (Lipinski definition) is 1. The number of fused-ring (bicyclic) bond motifs is 1. The molecular formula is C25H15ClF6N6O. The molecule has 2 aromatic carbocycles. The van der Waals surface area contributed by atoms with E-state index in [2.05, 4.69) is 20.5 Å². The molecule has 1 amide bonds. The van der Waals surface area contributed by atoms with Crippen molar-refractivity contribution in [3.05, 3.63) is 101 Å². The van der Waals surface area contributed by atoms with Crippen molar-refractivity contribution < 1.29 is 31.1 Å². The monoisotopic (exact) mass is 564 g/mol. The van der Waals surface area contributed by atoms with E-state index in [1.165, 1.54) is 29.2 Å². The lowest BCUT2D eigenvalue weighted by Gasteiger charge is -2.21. The van der Waals surface area contributed by atoms with E-state index in [0.29, 0.717) is 11.1 Å². The summed E-state index contributed by atoms with van der Waals surface area (Å²) in [5, 5.41) is 10.8. The van der Waals surface area contributed by atoms with Gasteiger partial charge in [0.2, 0.25) is 0 Å². The SMILES string of the molecule is O=C(Nc1cnn(Cc2ccccc2Cl)c1)c1cc2nc(-c3ccc(F)cc3)cc(C(F)(F)C(F)(F)F)n2n1. The minimum atomic E-state index is -5.97. The van der Waals surface area contributed by atoms with Crippen LogP contribution >= 0.6 is 11.6 Å². The summed E-state index contributed by atoms with van der Waals surface area (Å²) < 4.78 is 84.1. The highest BCUT2D eigenvalue weighted by Gasteiger charge is 2.60. The van der Waals surface area contributed by atoms with Gasteiger partial charge in [-0.05, 0) is 42.0 Å². The average Bonchev–Trinajstić information content (AvgIpc) is 3.51. The summed E-state index contributed by atoms with van der Waals surface area (Å²) in [5.74, 6) is -6.88. The zero-order chi connectivity index (χ0) is 27.9. The van der Waals surface area contributed by atoms with Crippen LogP contribution in [0.3, 0.4) is 0 Å². The largest absolute Gasteiger partial charge is 0.459 e. The van der Waals surface area contributed by atoms with Crippen LogP contribution < -0.4 is 5.32 Å². The molecule has 0 aliphatic carbocycles. The zero-order valence-electron chi connectivity index (χ0n) is 19.4. The molecule has 7 nitrogen and oxygen atoms in total. The first kappa shape index (κ1) is 26.2. The lowest BCUT2D eigenvalue weighted by molar-refractivity contribution is -0.291. The minimum absolute atomic E-state index is 0.0799. The maximum absolute atomic E-state index is 14.5. The van der Waals surface area contributed by atoms with Crippen LogP contribution in [0.15, 0.2) is 73.1 Å². The van der Waals surface area contributed by atoms with Crippen LogP contribution in [0.5, 0.6) is 0 Å². The number of benzene rings is 2. The van der Waals surface area contributed by atoms with Gasteiger partial charge in [0.25, 0.3) is 5.91 Å². The Morgan fingerprint density at radius 1 is 1.00 bits per heavy atom. The van der Waals surface area contributed by atoms with Gasteiger partial charge in [0.15, 0.2) is 11.3 Å². The summed E-state index contributed by atoms with van der Waals surface area (Å²) >= 11 is 6.15. The fourth-order valence-corrected chi connectivity index (χ4v) is 3.93. The third kappa shape index (κ3) is 5.17. The van der Waals surface area contributed by atoms with Crippen molar-refractivity contribution in [2.24, 2.45) is 0 Å². The van der Waals surface area contributed by atoms with E-state index < -0.39 is 40.9 Å². The Bertz CT molecular complexity index is 1680. The van der Waals surface area contributed by atoms with E-state index >= 15 is 0 Å². The van der Waals surface area contributed by atoms with Gasteiger partial charge in [-0.25, -0.2) is 13.9 Å². The molecule has 5 rings (SSSR count). The van der Waals surface area contributed by atoms with Crippen molar-refractivity contribution >= 4 is 28.8 Å². The number of alkyl halides is 5. The third-order valence-electron chi connectivity index (χ3n) is 5.66. The molecule has 3 aromatic heterocycles. The maximum Gasteiger partial charge on any atom is 0.459 e. The molecule has 39 heavy (non-hydrogen) atoms. The average molecular weight is 565 g/mol. The predicted molar refractivity (Wildman–Crippen MR) is 129 cm³/mol. The molecule has 0 atom stereocenters. The van der Waals surface area contributed by atoms with Crippen molar-refractivity contribution in [2.75, 3.05) is 5.32 Å². The number of amides is 1. The summed E-state index contributed by atoms with van der Waals surface area (Å²) in [6.07, 6.45) is -3.17.